The zero-order valence-corrected chi connectivity index (χ0v) is 21.4. The van der Waals surface area contributed by atoms with Crippen molar-refractivity contribution in [2.24, 2.45) is 0 Å². The van der Waals surface area contributed by atoms with Gasteiger partial charge in [0.25, 0.3) is 0 Å². The van der Waals surface area contributed by atoms with Crippen molar-refractivity contribution < 1.29 is 19.1 Å². The van der Waals surface area contributed by atoms with E-state index in [1.54, 1.807) is 24.3 Å². The van der Waals surface area contributed by atoms with Crippen molar-refractivity contribution in [2.75, 3.05) is 0 Å². The molecular formula is C28H16Cl4O4. The molecular weight excluding hydrogens is 542 g/mol. The largest absolute Gasteiger partial charge is 0.423 e. The van der Waals surface area contributed by atoms with Crippen molar-refractivity contribution in [3.05, 3.63) is 116 Å². The summed E-state index contributed by atoms with van der Waals surface area (Å²) in [5, 5.41) is 3.42. The lowest BCUT2D eigenvalue weighted by atomic mass is 10.0. The van der Waals surface area contributed by atoms with E-state index in [1.807, 2.05) is 36.4 Å². The van der Waals surface area contributed by atoms with E-state index in [1.165, 1.54) is 36.4 Å². The second kappa shape index (κ2) is 11.6. The fraction of sp³-hybridized carbons (Fsp3) is 0. The highest BCUT2D eigenvalue weighted by molar-refractivity contribution is 6.35. The predicted molar refractivity (Wildman–Crippen MR) is 146 cm³/mol. The van der Waals surface area contributed by atoms with Crippen molar-refractivity contribution in [3.63, 3.8) is 0 Å². The number of esters is 2. The summed E-state index contributed by atoms with van der Waals surface area (Å²) in [4.78, 5) is 24.3. The molecule has 0 heterocycles. The quantitative estimate of drug-likeness (QED) is 0.135. The summed E-state index contributed by atoms with van der Waals surface area (Å²) in [6, 6.07) is 20.6. The van der Waals surface area contributed by atoms with Crippen LogP contribution >= 0.6 is 46.4 Å². The molecule has 0 saturated heterocycles. The van der Waals surface area contributed by atoms with Crippen LogP contribution in [0.5, 0.6) is 11.5 Å². The summed E-state index contributed by atoms with van der Waals surface area (Å²) in [7, 11) is 0. The molecule has 0 fully saturated rings. The van der Waals surface area contributed by atoms with E-state index in [0.29, 0.717) is 20.1 Å². The van der Waals surface area contributed by atoms with Crippen LogP contribution in [0.2, 0.25) is 20.1 Å². The summed E-state index contributed by atoms with van der Waals surface area (Å²) < 4.78 is 10.5. The molecule has 0 N–H and O–H groups in total. The highest BCUT2D eigenvalue weighted by atomic mass is 35.5. The van der Waals surface area contributed by atoms with E-state index in [2.05, 4.69) is 0 Å². The zero-order valence-electron chi connectivity index (χ0n) is 18.4. The molecule has 0 aliphatic carbocycles. The number of hydrogen-bond donors (Lipinski definition) is 0. The second-order valence-electron chi connectivity index (χ2n) is 7.59. The zero-order chi connectivity index (χ0) is 25.7. The number of carbonyl (C=O) groups is 2. The highest BCUT2D eigenvalue weighted by Gasteiger charge is 2.06. The van der Waals surface area contributed by atoms with Gasteiger partial charge in [0.2, 0.25) is 0 Å². The van der Waals surface area contributed by atoms with Crippen LogP contribution in [0.25, 0.3) is 22.9 Å². The summed E-state index contributed by atoms with van der Waals surface area (Å²) in [5.74, 6) is -0.579. The van der Waals surface area contributed by atoms with Crippen LogP contribution in [0.3, 0.4) is 0 Å². The Morgan fingerprint density at radius 1 is 0.528 bits per heavy atom. The molecule has 0 radical (unpaired) electrons. The van der Waals surface area contributed by atoms with Crippen LogP contribution in [0.15, 0.2) is 84.9 Å². The van der Waals surface area contributed by atoms with Crippen LogP contribution in [-0.4, -0.2) is 11.9 Å². The maximum atomic E-state index is 12.1. The molecule has 0 aromatic heterocycles. The Morgan fingerprint density at radius 3 is 1.25 bits per heavy atom. The van der Waals surface area contributed by atoms with Crippen molar-refractivity contribution in [1.82, 2.24) is 0 Å². The minimum atomic E-state index is -0.555. The lowest BCUT2D eigenvalue weighted by Crippen LogP contribution is -2.03. The third kappa shape index (κ3) is 7.36. The van der Waals surface area contributed by atoms with Gasteiger partial charge in [-0.05, 0) is 82.6 Å². The first-order valence-electron chi connectivity index (χ1n) is 10.5. The van der Waals surface area contributed by atoms with E-state index in [-0.39, 0.29) is 11.5 Å². The Morgan fingerprint density at radius 2 is 0.889 bits per heavy atom. The maximum Gasteiger partial charge on any atom is 0.336 e. The summed E-state index contributed by atoms with van der Waals surface area (Å²) >= 11 is 23.7. The van der Waals surface area contributed by atoms with Gasteiger partial charge in [0.15, 0.2) is 0 Å². The second-order valence-corrected chi connectivity index (χ2v) is 9.33. The fourth-order valence-electron chi connectivity index (χ4n) is 3.29. The van der Waals surface area contributed by atoms with Crippen molar-refractivity contribution in [3.8, 4) is 11.5 Å². The molecule has 8 heteroatoms. The predicted octanol–water partition coefficient (Wildman–Crippen LogP) is 8.69. The average Bonchev–Trinajstić information content (AvgIpc) is 2.80. The molecule has 0 aliphatic heterocycles. The van der Waals surface area contributed by atoms with E-state index in [0.717, 1.165) is 21.9 Å². The smallest absolute Gasteiger partial charge is 0.336 e. The number of rotatable bonds is 6. The molecule has 4 aromatic carbocycles. The molecule has 36 heavy (non-hydrogen) atoms. The Balaban J connectivity index is 1.40. The van der Waals surface area contributed by atoms with Gasteiger partial charge in [-0.1, -0.05) is 70.7 Å². The van der Waals surface area contributed by atoms with Gasteiger partial charge >= 0.3 is 11.9 Å². The molecule has 180 valence electrons. The summed E-state index contributed by atoms with van der Waals surface area (Å²) in [6.45, 7) is 0. The normalized spacial score (nSPS) is 11.3. The molecule has 4 aromatic rings. The highest BCUT2D eigenvalue weighted by Crippen LogP contribution is 2.26. The standard InChI is InChI=1S/C28H16Cl4O4/c29-21-11-22(30)14-25(13-21)35-27(33)7-3-17-1-5-19-10-18(2-6-20(19)9-17)4-8-28(34)36-26-15-23(31)12-24(32)16-26/h1-16H/b7-3+,8-4+. The molecule has 4 rings (SSSR count). The summed E-state index contributed by atoms with van der Waals surface area (Å²) in [6.07, 6.45) is 5.96. The SMILES string of the molecule is O=C(/C=C/c1ccc2cc(/C=C/C(=O)Oc3cc(Cl)cc(Cl)c3)ccc2c1)Oc1cc(Cl)cc(Cl)c1. The Bertz CT molecular complexity index is 1370. The molecule has 0 saturated carbocycles. The van der Waals surface area contributed by atoms with Gasteiger partial charge in [-0.25, -0.2) is 9.59 Å². The van der Waals surface area contributed by atoms with E-state index in [4.69, 9.17) is 55.9 Å². The number of fused-ring (bicyclic) bond motifs is 1. The van der Waals surface area contributed by atoms with Gasteiger partial charge in [-0.2, -0.15) is 0 Å². The van der Waals surface area contributed by atoms with Crippen LogP contribution < -0.4 is 9.47 Å². The minimum Gasteiger partial charge on any atom is -0.423 e. The van der Waals surface area contributed by atoms with Crippen LogP contribution in [0.1, 0.15) is 11.1 Å². The summed E-state index contributed by atoms with van der Waals surface area (Å²) in [5.41, 5.74) is 1.63. The van der Waals surface area contributed by atoms with Crippen LogP contribution in [0.4, 0.5) is 0 Å². The Labute approximate surface area is 227 Å². The Hall–Kier alpha value is -3.28. The fourth-order valence-corrected chi connectivity index (χ4v) is 4.31. The lowest BCUT2D eigenvalue weighted by Gasteiger charge is -2.04. The third-order valence-electron chi connectivity index (χ3n) is 4.82. The molecule has 0 unspecified atom stereocenters. The monoisotopic (exact) mass is 556 g/mol. The lowest BCUT2D eigenvalue weighted by molar-refractivity contribution is -0.129. The topological polar surface area (TPSA) is 52.6 Å². The number of carbonyl (C=O) groups excluding carboxylic acids is 2. The van der Waals surface area contributed by atoms with Gasteiger partial charge in [-0.3, -0.25) is 0 Å². The molecule has 0 aliphatic rings. The molecule has 0 bridgehead atoms. The van der Waals surface area contributed by atoms with Crippen LogP contribution in [-0.2, 0) is 9.59 Å². The van der Waals surface area contributed by atoms with Gasteiger partial charge in [0, 0.05) is 32.2 Å². The molecule has 0 amide bonds. The van der Waals surface area contributed by atoms with Crippen LogP contribution in [0, 0.1) is 0 Å². The van der Waals surface area contributed by atoms with Crippen molar-refractivity contribution in [2.45, 2.75) is 0 Å². The number of ether oxygens (including phenoxy) is 2. The van der Waals surface area contributed by atoms with E-state index < -0.39 is 11.9 Å². The van der Waals surface area contributed by atoms with E-state index >= 15 is 0 Å². The first kappa shape index (κ1) is 25.8. The Kier molecular flexibility index (Phi) is 8.34. The number of hydrogen-bond acceptors (Lipinski definition) is 4. The molecule has 0 atom stereocenters. The van der Waals surface area contributed by atoms with Gasteiger partial charge < -0.3 is 9.47 Å². The number of benzene rings is 4. The number of halogens is 4. The van der Waals surface area contributed by atoms with E-state index in [9.17, 15) is 9.59 Å². The third-order valence-corrected chi connectivity index (χ3v) is 5.69. The maximum absolute atomic E-state index is 12.1. The molecule has 0 spiro atoms. The van der Waals surface area contributed by atoms with Gasteiger partial charge in [0.05, 0.1) is 0 Å². The first-order chi connectivity index (χ1) is 17.2. The average molecular weight is 558 g/mol. The van der Waals surface area contributed by atoms with Crippen molar-refractivity contribution >= 4 is 81.3 Å². The first-order valence-corrected chi connectivity index (χ1v) is 12.0. The van der Waals surface area contributed by atoms with Gasteiger partial charge in [0.1, 0.15) is 11.5 Å². The van der Waals surface area contributed by atoms with Crippen molar-refractivity contribution in [1.29, 1.82) is 0 Å². The van der Waals surface area contributed by atoms with Gasteiger partial charge in [-0.15, -0.1) is 0 Å². The molecule has 4 nitrogen and oxygen atoms in total. The minimum absolute atomic E-state index is 0.265.